The van der Waals surface area contributed by atoms with Crippen molar-refractivity contribution in [3.8, 4) is 5.69 Å². The van der Waals surface area contributed by atoms with E-state index in [1.807, 2.05) is 53.4 Å². The maximum absolute atomic E-state index is 13.3. The summed E-state index contributed by atoms with van der Waals surface area (Å²) in [5.74, 6) is 0.0657. The van der Waals surface area contributed by atoms with Crippen LogP contribution in [0.5, 0.6) is 0 Å². The highest BCUT2D eigenvalue weighted by atomic mass is 35.5. The van der Waals surface area contributed by atoms with Crippen molar-refractivity contribution in [3.63, 3.8) is 0 Å². The second-order valence-electron chi connectivity index (χ2n) is 7.04. The quantitative estimate of drug-likeness (QED) is 0.601. The van der Waals surface area contributed by atoms with Gasteiger partial charge < -0.3 is 9.88 Å². The van der Waals surface area contributed by atoms with Gasteiger partial charge in [-0.25, -0.2) is 0 Å². The minimum Gasteiger partial charge on any atom is -0.316 e. The van der Waals surface area contributed by atoms with Crippen LogP contribution in [-0.4, -0.2) is 23.6 Å². The number of amides is 1. The molecular formula is C23H24ClN3O. The molecule has 3 aromatic rings. The molecule has 1 amide bonds. The van der Waals surface area contributed by atoms with E-state index in [1.54, 1.807) is 0 Å². The van der Waals surface area contributed by atoms with Crippen LogP contribution >= 0.6 is 11.6 Å². The molecule has 0 spiro atoms. The third-order valence-corrected chi connectivity index (χ3v) is 5.41. The van der Waals surface area contributed by atoms with E-state index in [0.717, 1.165) is 42.0 Å². The molecule has 1 N–H and O–H groups in total. The summed E-state index contributed by atoms with van der Waals surface area (Å²) in [5, 5.41) is 3.98. The molecule has 144 valence electrons. The topological polar surface area (TPSA) is 37.3 Å². The van der Waals surface area contributed by atoms with Gasteiger partial charge in [-0.1, -0.05) is 49.2 Å². The Morgan fingerprint density at radius 3 is 2.54 bits per heavy atom. The minimum atomic E-state index is -0.192. The lowest BCUT2D eigenvalue weighted by Crippen LogP contribution is -2.44. The zero-order valence-electron chi connectivity index (χ0n) is 15.9. The molecule has 2 aromatic carbocycles. The fourth-order valence-corrected chi connectivity index (χ4v) is 3.93. The van der Waals surface area contributed by atoms with Crippen LogP contribution in [0.15, 0.2) is 66.9 Å². The standard InChI is InChI=1S/C23H24ClN3O/c1-2-3-14-25-16-22(28)27-20-8-5-4-7-19(20)26-15-6-9-21(26)23(27)17-10-12-18(24)13-11-17/h4-13,15,23,25H,2-3,14,16H2,1H3. The van der Waals surface area contributed by atoms with Gasteiger partial charge >= 0.3 is 0 Å². The number of halogens is 1. The van der Waals surface area contributed by atoms with E-state index in [9.17, 15) is 4.79 Å². The van der Waals surface area contributed by atoms with E-state index in [4.69, 9.17) is 11.6 Å². The molecule has 1 atom stereocenters. The number of hydrogen-bond acceptors (Lipinski definition) is 2. The number of carbonyl (C=O) groups excluding carboxylic acids is 1. The average molecular weight is 394 g/mol. The fraction of sp³-hybridized carbons (Fsp3) is 0.261. The largest absolute Gasteiger partial charge is 0.316 e. The first-order chi connectivity index (χ1) is 13.7. The summed E-state index contributed by atoms with van der Waals surface area (Å²) in [5.41, 5.74) is 4.06. The van der Waals surface area contributed by atoms with Gasteiger partial charge in [0.05, 0.1) is 23.6 Å². The Hall–Kier alpha value is -2.56. The van der Waals surface area contributed by atoms with Crippen LogP contribution in [0.1, 0.15) is 37.1 Å². The summed E-state index contributed by atoms with van der Waals surface area (Å²) in [6.45, 7) is 3.31. The first kappa shape index (κ1) is 18.8. The molecule has 28 heavy (non-hydrogen) atoms. The monoisotopic (exact) mass is 393 g/mol. The number of carbonyl (C=O) groups is 1. The summed E-state index contributed by atoms with van der Waals surface area (Å²) in [6.07, 6.45) is 4.22. The molecule has 4 rings (SSSR count). The Morgan fingerprint density at radius 2 is 1.79 bits per heavy atom. The molecule has 0 fully saturated rings. The summed E-state index contributed by atoms with van der Waals surface area (Å²) < 4.78 is 2.17. The van der Waals surface area contributed by atoms with Crippen molar-refractivity contribution < 1.29 is 4.79 Å². The molecule has 0 aliphatic carbocycles. The molecule has 1 aliphatic rings. The number of aromatic nitrogens is 1. The average Bonchev–Trinajstić information content (AvgIpc) is 3.21. The van der Waals surface area contributed by atoms with E-state index in [2.05, 4.69) is 35.1 Å². The second-order valence-corrected chi connectivity index (χ2v) is 7.48. The van der Waals surface area contributed by atoms with E-state index >= 15 is 0 Å². The van der Waals surface area contributed by atoms with Crippen LogP contribution in [0.2, 0.25) is 5.02 Å². The van der Waals surface area contributed by atoms with Crippen molar-refractivity contribution in [2.24, 2.45) is 0 Å². The van der Waals surface area contributed by atoms with Gasteiger partial charge in [0.1, 0.15) is 6.04 Å². The van der Waals surface area contributed by atoms with Gasteiger partial charge in [-0.15, -0.1) is 0 Å². The molecule has 0 radical (unpaired) electrons. The second kappa shape index (κ2) is 8.21. The SMILES string of the molecule is CCCCNCC(=O)N1c2ccccc2-n2cccc2C1c1ccc(Cl)cc1. The van der Waals surface area contributed by atoms with E-state index in [-0.39, 0.29) is 11.9 Å². The molecule has 2 heterocycles. The lowest BCUT2D eigenvalue weighted by Gasteiger charge is -2.38. The minimum absolute atomic E-state index is 0.0657. The van der Waals surface area contributed by atoms with Crippen LogP contribution in [0, 0.1) is 0 Å². The highest BCUT2D eigenvalue weighted by molar-refractivity contribution is 6.30. The van der Waals surface area contributed by atoms with Crippen LogP contribution in [0.3, 0.4) is 0 Å². The number of hydrogen-bond donors (Lipinski definition) is 1. The van der Waals surface area contributed by atoms with Gasteiger partial charge in [0.25, 0.3) is 0 Å². The molecule has 5 heteroatoms. The zero-order chi connectivity index (χ0) is 19.5. The van der Waals surface area contributed by atoms with Gasteiger partial charge in [0, 0.05) is 11.2 Å². The Labute approximate surface area is 170 Å². The van der Waals surface area contributed by atoms with Crippen molar-refractivity contribution in [2.75, 3.05) is 18.0 Å². The molecule has 1 aromatic heterocycles. The van der Waals surface area contributed by atoms with Gasteiger partial charge in [0.2, 0.25) is 5.91 Å². The van der Waals surface area contributed by atoms with Crippen molar-refractivity contribution in [2.45, 2.75) is 25.8 Å². The van der Waals surface area contributed by atoms with Gasteiger partial charge in [-0.3, -0.25) is 9.69 Å². The zero-order valence-corrected chi connectivity index (χ0v) is 16.7. The molecule has 0 saturated heterocycles. The number of nitrogens with one attached hydrogen (secondary N) is 1. The summed E-state index contributed by atoms with van der Waals surface area (Å²) >= 11 is 6.11. The number of rotatable bonds is 6. The lowest BCUT2D eigenvalue weighted by molar-refractivity contribution is -0.118. The summed E-state index contributed by atoms with van der Waals surface area (Å²) in [6, 6.07) is 19.8. The molecular weight excluding hydrogens is 370 g/mol. The maximum Gasteiger partial charge on any atom is 0.241 e. The number of unbranched alkanes of at least 4 members (excludes halogenated alkanes) is 1. The van der Waals surface area contributed by atoms with E-state index < -0.39 is 0 Å². The van der Waals surface area contributed by atoms with Gasteiger partial charge in [-0.2, -0.15) is 0 Å². The number of para-hydroxylation sites is 2. The van der Waals surface area contributed by atoms with Crippen LogP contribution in [0.4, 0.5) is 5.69 Å². The Morgan fingerprint density at radius 1 is 1.04 bits per heavy atom. The van der Waals surface area contributed by atoms with E-state index in [0.29, 0.717) is 11.6 Å². The van der Waals surface area contributed by atoms with Crippen LogP contribution < -0.4 is 10.2 Å². The van der Waals surface area contributed by atoms with Gasteiger partial charge in [0.15, 0.2) is 0 Å². The number of anilines is 1. The highest BCUT2D eigenvalue weighted by Crippen LogP contribution is 2.42. The normalized spacial score (nSPS) is 15.2. The molecule has 0 bridgehead atoms. The number of nitrogens with zero attached hydrogens (tertiary/aromatic N) is 2. The maximum atomic E-state index is 13.3. The lowest BCUT2D eigenvalue weighted by atomic mass is 9.97. The summed E-state index contributed by atoms with van der Waals surface area (Å²) in [7, 11) is 0. The Kier molecular flexibility index (Phi) is 5.51. The molecule has 0 saturated carbocycles. The van der Waals surface area contributed by atoms with Crippen molar-refractivity contribution >= 4 is 23.2 Å². The first-order valence-electron chi connectivity index (χ1n) is 9.75. The molecule has 1 aliphatic heterocycles. The van der Waals surface area contributed by atoms with E-state index in [1.165, 1.54) is 0 Å². The van der Waals surface area contributed by atoms with Gasteiger partial charge in [-0.05, 0) is 54.9 Å². The first-order valence-corrected chi connectivity index (χ1v) is 10.1. The third kappa shape index (κ3) is 3.46. The van der Waals surface area contributed by atoms with Crippen molar-refractivity contribution in [1.29, 1.82) is 0 Å². The molecule has 4 nitrogen and oxygen atoms in total. The molecule has 1 unspecified atom stereocenters. The third-order valence-electron chi connectivity index (χ3n) is 5.16. The fourth-order valence-electron chi connectivity index (χ4n) is 3.80. The van der Waals surface area contributed by atoms with Crippen molar-refractivity contribution in [3.05, 3.63) is 83.1 Å². The van der Waals surface area contributed by atoms with Crippen molar-refractivity contribution in [1.82, 2.24) is 9.88 Å². The van der Waals surface area contributed by atoms with Crippen LogP contribution in [0.25, 0.3) is 5.69 Å². The Bertz CT molecular complexity index is 964. The predicted octanol–water partition coefficient (Wildman–Crippen LogP) is 4.96. The Balaban J connectivity index is 1.77. The summed E-state index contributed by atoms with van der Waals surface area (Å²) in [4.78, 5) is 15.3. The highest BCUT2D eigenvalue weighted by Gasteiger charge is 2.35. The predicted molar refractivity (Wildman–Crippen MR) is 114 cm³/mol. The number of benzene rings is 2. The van der Waals surface area contributed by atoms with Crippen LogP contribution in [-0.2, 0) is 4.79 Å². The smallest absolute Gasteiger partial charge is 0.241 e. The number of fused-ring (bicyclic) bond motifs is 3.